The van der Waals surface area contributed by atoms with E-state index in [2.05, 4.69) is 10.2 Å². The second-order valence-electron chi connectivity index (χ2n) is 5.09. The standard InChI is InChI=1S/C10H18N4O2S2.C2H4O2/c1-14-9(6-11)12-13-10(14)17-4-2-8-3-5-18(15,16)7-8;1-2(3)4/h8H,2-7,11H2,1H3;1H3,(H,3,4). The summed E-state index contributed by atoms with van der Waals surface area (Å²) in [4.78, 5) is 9.00. The van der Waals surface area contributed by atoms with Crippen molar-refractivity contribution >= 4 is 27.6 Å². The molecule has 0 saturated carbocycles. The smallest absolute Gasteiger partial charge is 0.300 e. The zero-order chi connectivity index (χ0) is 16.8. The molecule has 0 aliphatic carbocycles. The van der Waals surface area contributed by atoms with Crippen molar-refractivity contribution in [3.05, 3.63) is 5.82 Å². The number of carbonyl (C=O) groups is 1. The first-order valence-electron chi connectivity index (χ1n) is 6.86. The van der Waals surface area contributed by atoms with Crippen molar-refractivity contribution in [2.45, 2.75) is 31.5 Å². The lowest BCUT2D eigenvalue weighted by Gasteiger charge is -2.06. The Morgan fingerprint density at radius 1 is 1.50 bits per heavy atom. The molecule has 1 fully saturated rings. The third-order valence-electron chi connectivity index (χ3n) is 3.19. The van der Waals surface area contributed by atoms with E-state index in [1.54, 1.807) is 11.8 Å². The highest BCUT2D eigenvalue weighted by Gasteiger charge is 2.27. The third kappa shape index (κ3) is 6.32. The van der Waals surface area contributed by atoms with Gasteiger partial charge in [0.2, 0.25) is 0 Å². The van der Waals surface area contributed by atoms with Crippen molar-refractivity contribution in [2.24, 2.45) is 18.7 Å². The Morgan fingerprint density at radius 2 is 2.14 bits per heavy atom. The van der Waals surface area contributed by atoms with Crippen LogP contribution in [0.2, 0.25) is 0 Å². The highest BCUT2D eigenvalue weighted by molar-refractivity contribution is 7.99. The number of aliphatic carboxylic acids is 1. The van der Waals surface area contributed by atoms with Crippen LogP contribution in [0, 0.1) is 5.92 Å². The molecule has 2 rings (SSSR count). The Balaban J connectivity index is 0.000000541. The van der Waals surface area contributed by atoms with Crippen molar-refractivity contribution in [3.63, 3.8) is 0 Å². The quantitative estimate of drug-likeness (QED) is 0.725. The van der Waals surface area contributed by atoms with E-state index >= 15 is 0 Å². The molecule has 1 aliphatic rings. The Morgan fingerprint density at radius 3 is 2.59 bits per heavy atom. The summed E-state index contributed by atoms with van der Waals surface area (Å²) in [6.45, 7) is 1.46. The molecular weight excluding hydrogens is 328 g/mol. The molecule has 8 nitrogen and oxygen atoms in total. The second-order valence-corrected chi connectivity index (χ2v) is 8.38. The number of carboxylic acids is 1. The molecule has 1 saturated heterocycles. The first-order valence-corrected chi connectivity index (χ1v) is 9.67. The summed E-state index contributed by atoms with van der Waals surface area (Å²) >= 11 is 1.61. The minimum atomic E-state index is -2.76. The predicted molar refractivity (Wildman–Crippen MR) is 84.3 cm³/mol. The minimum absolute atomic E-state index is 0.310. The number of hydrogen-bond acceptors (Lipinski definition) is 7. The van der Waals surface area contributed by atoms with Crippen LogP contribution in [0.5, 0.6) is 0 Å². The number of rotatable bonds is 5. The van der Waals surface area contributed by atoms with Crippen LogP contribution in [0.25, 0.3) is 0 Å². The number of sulfone groups is 1. The number of nitrogens with two attached hydrogens (primary N) is 1. The highest BCUT2D eigenvalue weighted by atomic mass is 32.2. The minimum Gasteiger partial charge on any atom is -0.481 e. The fraction of sp³-hybridized carbons (Fsp3) is 0.750. The van der Waals surface area contributed by atoms with Gasteiger partial charge in [-0.25, -0.2) is 8.42 Å². The Labute approximate surface area is 134 Å². The molecule has 0 amide bonds. The molecule has 1 unspecified atom stereocenters. The van der Waals surface area contributed by atoms with Crippen LogP contribution >= 0.6 is 11.8 Å². The van der Waals surface area contributed by atoms with Crippen LogP contribution in [-0.2, 0) is 28.2 Å². The number of carboxylic acid groups (broad SMARTS) is 1. The molecule has 126 valence electrons. The Bertz CT molecular complexity index is 596. The summed E-state index contributed by atoms with van der Waals surface area (Å²) in [6.07, 6.45) is 1.71. The Kier molecular flexibility index (Phi) is 7.30. The van der Waals surface area contributed by atoms with E-state index in [0.717, 1.165) is 36.5 Å². The highest BCUT2D eigenvalue weighted by Crippen LogP contribution is 2.25. The van der Waals surface area contributed by atoms with Crippen molar-refractivity contribution in [1.82, 2.24) is 14.8 Å². The summed E-state index contributed by atoms with van der Waals surface area (Å²) < 4.78 is 24.5. The molecule has 1 aromatic rings. The van der Waals surface area contributed by atoms with E-state index in [9.17, 15) is 8.42 Å². The van der Waals surface area contributed by atoms with E-state index < -0.39 is 15.8 Å². The van der Waals surface area contributed by atoms with E-state index in [0.29, 0.717) is 24.0 Å². The zero-order valence-corrected chi connectivity index (χ0v) is 14.4. The maximum atomic E-state index is 11.3. The Hall–Kier alpha value is -1.13. The fourth-order valence-corrected chi connectivity index (χ4v) is 5.01. The van der Waals surface area contributed by atoms with E-state index in [1.165, 1.54) is 0 Å². The van der Waals surface area contributed by atoms with Gasteiger partial charge in [0.1, 0.15) is 5.82 Å². The molecule has 1 aliphatic heterocycles. The van der Waals surface area contributed by atoms with Gasteiger partial charge >= 0.3 is 0 Å². The fourth-order valence-electron chi connectivity index (χ4n) is 2.07. The zero-order valence-electron chi connectivity index (χ0n) is 12.7. The van der Waals surface area contributed by atoms with Crippen LogP contribution in [-0.4, -0.2) is 51.5 Å². The van der Waals surface area contributed by atoms with E-state index in [-0.39, 0.29) is 0 Å². The summed E-state index contributed by atoms with van der Waals surface area (Å²) in [5, 5.41) is 16.3. The van der Waals surface area contributed by atoms with Crippen molar-refractivity contribution in [1.29, 1.82) is 0 Å². The normalized spacial score (nSPS) is 19.5. The van der Waals surface area contributed by atoms with Gasteiger partial charge in [-0.05, 0) is 18.8 Å². The maximum absolute atomic E-state index is 11.3. The van der Waals surface area contributed by atoms with Crippen LogP contribution in [0.4, 0.5) is 0 Å². The molecule has 0 radical (unpaired) electrons. The van der Waals surface area contributed by atoms with Gasteiger partial charge in [0.15, 0.2) is 15.0 Å². The molecule has 0 spiro atoms. The average molecular weight is 350 g/mol. The summed E-state index contributed by atoms with van der Waals surface area (Å²) in [5.74, 6) is 1.81. The van der Waals surface area contributed by atoms with Crippen molar-refractivity contribution in [2.75, 3.05) is 17.3 Å². The molecule has 10 heteroatoms. The SMILES string of the molecule is CC(=O)O.Cn1c(CN)nnc1SCCC1CCS(=O)(=O)C1. The van der Waals surface area contributed by atoms with E-state index in [1.807, 2.05) is 11.6 Å². The molecule has 2 heterocycles. The largest absolute Gasteiger partial charge is 0.481 e. The van der Waals surface area contributed by atoms with Crippen LogP contribution in [0.15, 0.2) is 5.16 Å². The summed E-state index contributed by atoms with van der Waals surface area (Å²) in [5.41, 5.74) is 5.52. The molecular formula is C12H22N4O4S2. The molecule has 1 atom stereocenters. The first-order chi connectivity index (χ1) is 10.2. The van der Waals surface area contributed by atoms with Gasteiger partial charge in [0, 0.05) is 19.7 Å². The van der Waals surface area contributed by atoms with Gasteiger partial charge in [-0.2, -0.15) is 0 Å². The number of thioether (sulfide) groups is 1. The predicted octanol–water partition coefficient (Wildman–Crippen LogP) is 0.282. The average Bonchev–Trinajstić information content (AvgIpc) is 2.92. The first kappa shape index (κ1) is 18.9. The lowest BCUT2D eigenvalue weighted by Crippen LogP contribution is -2.07. The number of hydrogen-bond donors (Lipinski definition) is 2. The summed E-state index contributed by atoms with van der Waals surface area (Å²) in [7, 11) is -0.864. The van der Waals surface area contributed by atoms with Gasteiger partial charge in [-0.3, -0.25) is 4.79 Å². The van der Waals surface area contributed by atoms with Crippen LogP contribution in [0.3, 0.4) is 0 Å². The lowest BCUT2D eigenvalue weighted by molar-refractivity contribution is -0.134. The maximum Gasteiger partial charge on any atom is 0.300 e. The van der Waals surface area contributed by atoms with Gasteiger partial charge < -0.3 is 15.4 Å². The van der Waals surface area contributed by atoms with Gasteiger partial charge in [-0.1, -0.05) is 11.8 Å². The molecule has 1 aromatic heterocycles. The third-order valence-corrected chi connectivity index (χ3v) is 6.08. The molecule has 3 N–H and O–H groups in total. The van der Waals surface area contributed by atoms with Crippen LogP contribution in [0.1, 0.15) is 25.6 Å². The number of nitrogens with zero attached hydrogens (tertiary/aromatic N) is 3. The van der Waals surface area contributed by atoms with Gasteiger partial charge in [0.05, 0.1) is 18.1 Å². The lowest BCUT2D eigenvalue weighted by atomic mass is 10.1. The van der Waals surface area contributed by atoms with E-state index in [4.69, 9.17) is 15.6 Å². The van der Waals surface area contributed by atoms with Gasteiger partial charge in [-0.15, -0.1) is 10.2 Å². The molecule has 0 aromatic carbocycles. The van der Waals surface area contributed by atoms with Crippen molar-refractivity contribution in [3.8, 4) is 0 Å². The van der Waals surface area contributed by atoms with Crippen LogP contribution < -0.4 is 5.73 Å². The number of aromatic nitrogens is 3. The second kappa shape index (κ2) is 8.49. The topological polar surface area (TPSA) is 128 Å². The van der Waals surface area contributed by atoms with Crippen molar-refractivity contribution < 1.29 is 18.3 Å². The molecule has 22 heavy (non-hydrogen) atoms. The monoisotopic (exact) mass is 350 g/mol. The van der Waals surface area contributed by atoms with Gasteiger partial charge in [0.25, 0.3) is 5.97 Å². The summed E-state index contributed by atoms with van der Waals surface area (Å²) in [6, 6.07) is 0. The molecule has 0 bridgehead atoms.